The van der Waals surface area contributed by atoms with Gasteiger partial charge in [-0.05, 0) is 43.2 Å². The highest BCUT2D eigenvalue weighted by Gasteiger charge is 2.19. The van der Waals surface area contributed by atoms with E-state index in [1.54, 1.807) is 21.0 Å². The Hall–Kier alpha value is -3.39. The number of para-hydroxylation sites is 1. The Balaban J connectivity index is 1.77. The van der Waals surface area contributed by atoms with Crippen LogP contribution in [0, 0.1) is 13.8 Å². The van der Waals surface area contributed by atoms with Crippen molar-refractivity contribution in [2.75, 3.05) is 0 Å². The molecule has 0 aliphatic rings. The number of hydrogen-bond donors (Lipinski definition) is 0. The molecule has 0 aliphatic carbocycles. The zero-order valence-corrected chi connectivity index (χ0v) is 17.7. The van der Waals surface area contributed by atoms with Gasteiger partial charge in [0.15, 0.2) is 5.16 Å². The van der Waals surface area contributed by atoms with Gasteiger partial charge in [0.25, 0.3) is 5.56 Å². The van der Waals surface area contributed by atoms with Gasteiger partial charge in [-0.2, -0.15) is 5.10 Å². The molecule has 0 bridgehead atoms. The highest BCUT2D eigenvalue weighted by molar-refractivity contribution is 7.98. The van der Waals surface area contributed by atoms with Gasteiger partial charge in [0.05, 0.1) is 22.8 Å². The Morgan fingerprint density at radius 1 is 1.03 bits per heavy atom. The van der Waals surface area contributed by atoms with Crippen LogP contribution in [0.5, 0.6) is 0 Å². The molecule has 0 aliphatic heterocycles. The van der Waals surface area contributed by atoms with Gasteiger partial charge in [-0.3, -0.25) is 13.9 Å². The maximum absolute atomic E-state index is 13.5. The van der Waals surface area contributed by atoms with Crippen LogP contribution in [0.1, 0.15) is 16.7 Å². The smallest absolute Gasteiger partial charge is 0.267 e. The lowest BCUT2D eigenvalue weighted by molar-refractivity contribution is 0.767. The molecule has 7 nitrogen and oxygen atoms in total. The van der Waals surface area contributed by atoms with Crippen molar-refractivity contribution < 1.29 is 0 Å². The monoisotopic (exact) mass is 416 g/mol. The van der Waals surface area contributed by atoms with Crippen molar-refractivity contribution in [2.24, 2.45) is 7.05 Å². The largest absolute Gasteiger partial charge is 0.276 e. The molecule has 2 aromatic carbocycles. The van der Waals surface area contributed by atoms with Crippen molar-refractivity contribution in [3.05, 3.63) is 81.9 Å². The van der Waals surface area contributed by atoms with Crippen molar-refractivity contribution in [3.8, 4) is 5.69 Å². The van der Waals surface area contributed by atoms with E-state index in [-0.39, 0.29) is 5.56 Å². The third kappa shape index (κ3) is 2.91. The van der Waals surface area contributed by atoms with Gasteiger partial charge in [0.2, 0.25) is 5.78 Å². The molecule has 0 atom stereocenters. The summed E-state index contributed by atoms with van der Waals surface area (Å²) >= 11 is 1.58. The minimum absolute atomic E-state index is 0.0944. The molecule has 150 valence electrons. The summed E-state index contributed by atoms with van der Waals surface area (Å²) in [5, 5.41) is 14.5. The number of thioether (sulfide) groups is 1. The predicted octanol–water partition coefficient (Wildman–Crippen LogP) is 3.68. The standard InChI is InChI=1S/C22H20N6OS/c1-14-7-6-10-18(15(14)2)27-20(29)17-8-4-5-9-19(17)28-21(27)24-25-22(28)30-13-16-11-23-26(3)12-16/h4-12H,13H2,1-3H3. The molecular formula is C22H20N6OS. The minimum Gasteiger partial charge on any atom is -0.276 e. The molecule has 3 heterocycles. The van der Waals surface area contributed by atoms with Crippen molar-refractivity contribution in [3.63, 3.8) is 0 Å². The van der Waals surface area contributed by atoms with Crippen LogP contribution in [-0.2, 0) is 12.8 Å². The molecule has 0 radical (unpaired) electrons. The SMILES string of the molecule is Cc1cccc(-n2c(=O)c3ccccc3n3c(SCc4cnn(C)c4)nnc23)c1C. The lowest BCUT2D eigenvalue weighted by Crippen LogP contribution is -2.22. The fraction of sp³-hybridized carbons (Fsp3) is 0.182. The molecule has 0 spiro atoms. The molecule has 30 heavy (non-hydrogen) atoms. The second-order valence-electron chi connectivity index (χ2n) is 7.31. The number of nitrogens with zero attached hydrogens (tertiary/aromatic N) is 6. The van der Waals surface area contributed by atoms with Crippen molar-refractivity contribution in [2.45, 2.75) is 24.8 Å². The van der Waals surface area contributed by atoms with Crippen LogP contribution >= 0.6 is 11.8 Å². The first-order chi connectivity index (χ1) is 14.5. The lowest BCUT2D eigenvalue weighted by Gasteiger charge is -2.14. The van der Waals surface area contributed by atoms with Gasteiger partial charge in [-0.25, -0.2) is 4.57 Å². The van der Waals surface area contributed by atoms with Gasteiger partial charge < -0.3 is 0 Å². The maximum atomic E-state index is 13.5. The van der Waals surface area contributed by atoms with Crippen molar-refractivity contribution >= 4 is 28.4 Å². The molecular weight excluding hydrogens is 396 g/mol. The number of benzene rings is 2. The van der Waals surface area contributed by atoms with Gasteiger partial charge in [-0.15, -0.1) is 10.2 Å². The summed E-state index contributed by atoms with van der Waals surface area (Å²) in [6.07, 6.45) is 3.83. The lowest BCUT2D eigenvalue weighted by atomic mass is 10.1. The third-order valence-corrected chi connectivity index (χ3v) is 6.34. The molecule has 5 aromatic rings. The maximum Gasteiger partial charge on any atom is 0.267 e. The predicted molar refractivity (Wildman–Crippen MR) is 118 cm³/mol. The topological polar surface area (TPSA) is 70.0 Å². The van der Waals surface area contributed by atoms with Crippen LogP contribution < -0.4 is 5.56 Å². The van der Waals surface area contributed by atoms with Crippen LogP contribution in [0.4, 0.5) is 0 Å². The number of hydrogen-bond acceptors (Lipinski definition) is 5. The Bertz CT molecular complexity index is 1460. The number of rotatable bonds is 4. The van der Waals surface area contributed by atoms with Gasteiger partial charge in [-0.1, -0.05) is 36.0 Å². The summed E-state index contributed by atoms with van der Waals surface area (Å²) in [6.45, 7) is 4.07. The first-order valence-electron chi connectivity index (χ1n) is 9.60. The molecule has 8 heteroatoms. The molecule has 0 amide bonds. The molecule has 3 aromatic heterocycles. The quantitative estimate of drug-likeness (QED) is 0.418. The zero-order valence-electron chi connectivity index (χ0n) is 16.9. The molecule has 5 rings (SSSR count). The van der Waals surface area contributed by atoms with Gasteiger partial charge >= 0.3 is 0 Å². The van der Waals surface area contributed by atoms with Gasteiger partial charge in [0.1, 0.15) is 0 Å². The van der Waals surface area contributed by atoms with E-state index in [2.05, 4.69) is 15.3 Å². The fourth-order valence-corrected chi connectivity index (χ4v) is 4.51. The Morgan fingerprint density at radius 2 is 1.87 bits per heavy atom. The fourth-order valence-electron chi connectivity index (χ4n) is 3.66. The normalized spacial score (nSPS) is 11.6. The highest BCUT2D eigenvalue weighted by Crippen LogP contribution is 2.26. The highest BCUT2D eigenvalue weighted by atomic mass is 32.2. The molecule has 0 unspecified atom stereocenters. The summed E-state index contributed by atoms with van der Waals surface area (Å²) in [6, 6.07) is 13.6. The van der Waals surface area contributed by atoms with Crippen LogP contribution in [-0.4, -0.2) is 28.9 Å². The van der Waals surface area contributed by atoms with E-state index >= 15 is 0 Å². The molecule has 0 N–H and O–H groups in total. The van der Waals surface area contributed by atoms with E-state index in [1.807, 2.05) is 80.2 Å². The zero-order chi connectivity index (χ0) is 20.8. The first-order valence-corrected chi connectivity index (χ1v) is 10.6. The van der Waals surface area contributed by atoms with E-state index in [4.69, 9.17) is 0 Å². The molecule has 0 saturated carbocycles. The second kappa shape index (κ2) is 7.14. The van der Waals surface area contributed by atoms with Crippen LogP contribution in [0.2, 0.25) is 0 Å². The summed E-state index contributed by atoms with van der Waals surface area (Å²) in [4.78, 5) is 13.5. The Kier molecular flexibility index (Phi) is 4.43. The average molecular weight is 417 g/mol. The van der Waals surface area contributed by atoms with E-state index in [1.165, 1.54) is 0 Å². The van der Waals surface area contributed by atoms with Crippen LogP contribution in [0.25, 0.3) is 22.4 Å². The van der Waals surface area contributed by atoms with Crippen LogP contribution in [0.15, 0.2) is 64.8 Å². The number of aryl methyl sites for hydroxylation is 2. The second-order valence-corrected chi connectivity index (χ2v) is 8.25. The first kappa shape index (κ1) is 18.6. The summed E-state index contributed by atoms with van der Waals surface area (Å²) < 4.78 is 5.43. The van der Waals surface area contributed by atoms with E-state index < -0.39 is 0 Å². The van der Waals surface area contributed by atoms with Crippen LogP contribution in [0.3, 0.4) is 0 Å². The Labute approximate surface area is 177 Å². The number of fused-ring (bicyclic) bond motifs is 3. The third-order valence-electron chi connectivity index (χ3n) is 5.34. The van der Waals surface area contributed by atoms with Crippen molar-refractivity contribution in [1.82, 2.24) is 28.9 Å². The van der Waals surface area contributed by atoms with E-state index in [9.17, 15) is 4.79 Å². The van der Waals surface area contributed by atoms with Crippen molar-refractivity contribution in [1.29, 1.82) is 0 Å². The number of aromatic nitrogens is 6. The molecule has 0 saturated heterocycles. The summed E-state index contributed by atoms with van der Waals surface area (Å²) in [5.74, 6) is 1.23. The Morgan fingerprint density at radius 3 is 2.67 bits per heavy atom. The average Bonchev–Trinajstić information content (AvgIpc) is 3.36. The minimum atomic E-state index is -0.0944. The summed E-state index contributed by atoms with van der Waals surface area (Å²) in [5.41, 5.74) is 4.81. The van der Waals surface area contributed by atoms with E-state index in [0.717, 1.165) is 33.1 Å². The van der Waals surface area contributed by atoms with Gasteiger partial charge in [0, 0.05) is 24.6 Å². The molecule has 0 fully saturated rings. The summed E-state index contributed by atoms with van der Waals surface area (Å²) in [7, 11) is 1.90. The van der Waals surface area contributed by atoms with E-state index in [0.29, 0.717) is 16.9 Å².